The van der Waals surface area contributed by atoms with Gasteiger partial charge in [-0.15, -0.1) is 0 Å². The van der Waals surface area contributed by atoms with Crippen LogP contribution in [0.25, 0.3) is 0 Å². The number of rotatable bonds is 6. The van der Waals surface area contributed by atoms with Crippen LogP contribution in [-0.2, 0) is 27.2 Å². The van der Waals surface area contributed by atoms with Crippen molar-refractivity contribution in [2.45, 2.75) is 32.7 Å². The van der Waals surface area contributed by atoms with Crippen LogP contribution >= 0.6 is 0 Å². The summed E-state index contributed by atoms with van der Waals surface area (Å²) in [6.45, 7) is 6.29. The monoisotopic (exact) mass is 332 g/mol. The molecule has 24 heavy (non-hydrogen) atoms. The molecule has 0 spiro atoms. The molecule has 1 atom stereocenters. The minimum atomic E-state index is -0.533. The number of hydrogen-bond acceptors (Lipinski definition) is 5. The molecule has 3 rings (SSSR count). The molecule has 0 aliphatic carbocycles. The Labute approximate surface area is 144 Å². The van der Waals surface area contributed by atoms with Gasteiger partial charge in [0.2, 0.25) is 0 Å². The largest absolute Gasteiger partial charge is 0.465 e. The molecule has 1 aromatic rings. The van der Waals surface area contributed by atoms with E-state index in [-0.39, 0.29) is 5.97 Å². The second kappa shape index (κ2) is 7.53. The number of carbonyl (C=O) groups excluding carboxylic acids is 1. The molecule has 1 saturated heterocycles. The number of nitrogens with zero attached hydrogens (tertiary/aromatic N) is 1. The van der Waals surface area contributed by atoms with E-state index in [0.29, 0.717) is 19.8 Å². The van der Waals surface area contributed by atoms with Gasteiger partial charge in [0.15, 0.2) is 0 Å². The number of likely N-dealkylation sites (tertiary alicyclic amines) is 1. The van der Waals surface area contributed by atoms with Crippen molar-refractivity contribution in [2.24, 2.45) is 5.41 Å². The minimum absolute atomic E-state index is 0.118. The Morgan fingerprint density at radius 2 is 2.29 bits per heavy atom. The number of piperidine rings is 1. The topological polar surface area (TPSA) is 50.8 Å². The lowest BCUT2D eigenvalue weighted by molar-refractivity contribution is -0.163. The smallest absolute Gasteiger partial charge is 0.315 e. The molecule has 1 N–H and O–H groups in total. The van der Waals surface area contributed by atoms with Crippen molar-refractivity contribution < 1.29 is 14.3 Å². The molecule has 2 aliphatic rings. The summed E-state index contributed by atoms with van der Waals surface area (Å²) in [5.74, 6) is -0.118. The van der Waals surface area contributed by atoms with E-state index in [0.717, 1.165) is 38.9 Å². The van der Waals surface area contributed by atoms with E-state index in [1.807, 2.05) is 6.92 Å². The Hall–Kier alpha value is -1.59. The molecule has 0 radical (unpaired) electrons. The molecule has 132 valence electrons. The van der Waals surface area contributed by atoms with Crippen LogP contribution in [0.2, 0.25) is 0 Å². The van der Waals surface area contributed by atoms with Gasteiger partial charge in [0.1, 0.15) is 5.41 Å². The first-order chi connectivity index (χ1) is 11.7. The van der Waals surface area contributed by atoms with Crippen molar-refractivity contribution in [3.63, 3.8) is 0 Å². The average Bonchev–Trinajstić information content (AvgIpc) is 3.05. The molecule has 0 amide bonds. The van der Waals surface area contributed by atoms with Gasteiger partial charge in [-0.05, 0) is 43.9 Å². The lowest BCUT2D eigenvalue weighted by Crippen LogP contribution is -2.50. The summed E-state index contributed by atoms with van der Waals surface area (Å²) in [4.78, 5) is 14.9. The maximum absolute atomic E-state index is 12.6. The first-order valence-corrected chi connectivity index (χ1v) is 8.91. The Kier molecular flexibility index (Phi) is 5.41. The molecular formula is C19H28N2O3. The number of para-hydroxylation sites is 1. The van der Waals surface area contributed by atoms with Crippen molar-refractivity contribution >= 4 is 11.7 Å². The average molecular weight is 332 g/mol. The first kappa shape index (κ1) is 17.2. The number of esters is 1. The Balaban J connectivity index is 1.75. The van der Waals surface area contributed by atoms with Crippen molar-refractivity contribution in [2.75, 3.05) is 45.3 Å². The van der Waals surface area contributed by atoms with Gasteiger partial charge in [-0.3, -0.25) is 9.69 Å². The Bertz CT molecular complexity index is 586. The standard InChI is InChI=1S/C19H28N2O3/c1-3-24-18(22)19(14-23-2)9-5-11-21(13-19)12-16-7-4-6-15-8-10-20-17(15)16/h4,6-7,20H,3,5,8-14H2,1-2H3. The highest BCUT2D eigenvalue weighted by Gasteiger charge is 2.43. The molecule has 2 heterocycles. The fourth-order valence-corrected chi connectivity index (χ4v) is 4.05. The van der Waals surface area contributed by atoms with Gasteiger partial charge in [0, 0.05) is 32.4 Å². The summed E-state index contributed by atoms with van der Waals surface area (Å²) >= 11 is 0. The summed E-state index contributed by atoms with van der Waals surface area (Å²) in [6.07, 6.45) is 2.92. The Morgan fingerprint density at radius 1 is 1.42 bits per heavy atom. The summed E-state index contributed by atoms with van der Waals surface area (Å²) in [5, 5.41) is 3.50. The summed E-state index contributed by atoms with van der Waals surface area (Å²) in [5.41, 5.74) is 3.48. The summed E-state index contributed by atoms with van der Waals surface area (Å²) < 4.78 is 10.7. The molecule has 1 aromatic carbocycles. The number of ether oxygens (including phenoxy) is 2. The zero-order valence-electron chi connectivity index (χ0n) is 14.8. The van der Waals surface area contributed by atoms with E-state index in [9.17, 15) is 4.79 Å². The molecule has 0 saturated carbocycles. The zero-order chi connectivity index (χ0) is 17.0. The third-order valence-electron chi connectivity index (χ3n) is 5.11. The van der Waals surface area contributed by atoms with Crippen LogP contribution in [0.1, 0.15) is 30.9 Å². The highest BCUT2D eigenvalue weighted by Crippen LogP contribution is 2.34. The van der Waals surface area contributed by atoms with E-state index in [1.54, 1.807) is 7.11 Å². The van der Waals surface area contributed by atoms with E-state index in [4.69, 9.17) is 9.47 Å². The zero-order valence-corrected chi connectivity index (χ0v) is 14.8. The van der Waals surface area contributed by atoms with Gasteiger partial charge in [-0.2, -0.15) is 0 Å². The number of nitrogens with one attached hydrogen (secondary N) is 1. The van der Waals surface area contributed by atoms with Gasteiger partial charge < -0.3 is 14.8 Å². The van der Waals surface area contributed by atoms with Gasteiger partial charge in [0.05, 0.1) is 13.2 Å². The predicted molar refractivity (Wildman–Crippen MR) is 94.1 cm³/mol. The SMILES string of the molecule is CCOC(=O)C1(COC)CCCN(Cc2cccc3c2NCC3)C1. The van der Waals surface area contributed by atoms with Gasteiger partial charge in [-0.25, -0.2) is 0 Å². The van der Waals surface area contributed by atoms with E-state index < -0.39 is 5.41 Å². The fourth-order valence-electron chi connectivity index (χ4n) is 4.05. The van der Waals surface area contributed by atoms with Crippen LogP contribution in [0.4, 0.5) is 5.69 Å². The second-order valence-electron chi connectivity index (χ2n) is 6.88. The van der Waals surface area contributed by atoms with Crippen LogP contribution in [0, 0.1) is 5.41 Å². The third kappa shape index (κ3) is 3.42. The lowest BCUT2D eigenvalue weighted by Gasteiger charge is -2.40. The van der Waals surface area contributed by atoms with E-state index >= 15 is 0 Å². The number of hydrogen-bond donors (Lipinski definition) is 1. The molecule has 0 aromatic heterocycles. The number of benzene rings is 1. The molecule has 1 fully saturated rings. The highest BCUT2D eigenvalue weighted by molar-refractivity contribution is 5.77. The third-order valence-corrected chi connectivity index (χ3v) is 5.11. The normalized spacial score (nSPS) is 23.6. The van der Waals surface area contributed by atoms with Crippen LogP contribution in [0.15, 0.2) is 18.2 Å². The fraction of sp³-hybridized carbons (Fsp3) is 0.632. The molecule has 2 aliphatic heterocycles. The second-order valence-corrected chi connectivity index (χ2v) is 6.88. The lowest BCUT2D eigenvalue weighted by atomic mass is 9.80. The maximum atomic E-state index is 12.6. The van der Waals surface area contributed by atoms with Crippen molar-refractivity contribution in [3.05, 3.63) is 29.3 Å². The van der Waals surface area contributed by atoms with Crippen LogP contribution < -0.4 is 5.32 Å². The van der Waals surface area contributed by atoms with E-state index in [1.165, 1.54) is 16.8 Å². The van der Waals surface area contributed by atoms with Gasteiger partial charge in [-0.1, -0.05) is 18.2 Å². The van der Waals surface area contributed by atoms with Crippen molar-refractivity contribution in [1.82, 2.24) is 4.90 Å². The van der Waals surface area contributed by atoms with Crippen molar-refractivity contribution in [1.29, 1.82) is 0 Å². The molecular weight excluding hydrogens is 304 g/mol. The minimum Gasteiger partial charge on any atom is -0.465 e. The van der Waals surface area contributed by atoms with Crippen LogP contribution in [-0.4, -0.2) is 50.8 Å². The number of carbonyl (C=O) groups is 1. The number of methoxy groups -OCH3 is 1. The highest BCUT2D eigenvalue weighted by atomic mass is 16.5. The van der Waals surface area contributed by atoms with Crippen LogP contribution in [0.3, 0.4) is 0 Å². The van der Waals surface area contributed by atoms with Crippen molar-refractivity contribution in [3.8, 4) is 0 Å². The first-order valence-electron chi connectivity index (χ1n) is 8.91. The van der Waals surface area contributed by atoms with Gasteiger partial charge >= 0.3 is 5.97 Å². The predicted octanol–water partition coefficient (Wildman–Crippen LogP) is 2.45. The summed E-state index contributed by atoms with van der Waals surface area (Å²) in [7, 11) is 1.66. The quantitative estimate of drug-likeness (QED) is 0.811. The van der Waals surface area contributed by atoms with Gasteiger partial charge in [0.25, 0.3) is 0 Å². The molecule has 5 heteroatoms. The Morgan fingerprint density at radius 3 is 3.08 bits per heavy atom. The number of anilines is 1. The number of fused-ring (bicyclic) bond motifs is 1. The molecule has 5 nitrogen and oxygen atoms in total. The summed E-state index contributed by atoms with van der Waals surface area (Å²) in [6, 6.07) is 6.52. The van der Waals surface area contributed by atoms with Crippen LogP contribution in [0.5, 0.6) is 0 Å². The van der Waals surface area contributed by atoms with E-state index in [2.05, 4.69) is 28.4 Å². The molecule has 1 unspecified atom stereocenters. The molecule has 0 bridgehead atoms. The maximum Gasteiger partial charge on any atom is 0.315 e.